The molecule has 0 amide bonds. The van der Waals surface area contributed by atoms with Crippen molar-refractivity contribution in [3.8, 4) is 11.5 Å². The van der Waals surface area contributed by atoms with Gasteiger partial charge in [-0.25, -0.2) is 0 Å². The van der Waals surface area contributed by atoms with Crippen LogP contribution in [-0.2, 0) is 17.7 Å². The zero-order valence-corrected chi connectivity index (χ0v) is 17.2. The molecule has 2 aliphatic carbocycles. The molecule has 1 aliphatic heterocycles. The molecule has 1 spiro atoms. The van der Waals surface area contributed by atoms with E-state index in [1.807, 2.05) is 13.0 Å². The second-order valence-corrected chi connectivity index (χ2v) is 8.56. The maximum absolute atomic E-state index is 6.46. The lowest BCUT2D eigenvalue weighted by Gasteiger charge is -2.30. The van der Waals surface area contributed by atoms with Crippen molar-refractivity contribution in [3.63, 3.8) is 0 Å². The second kappa shape index (κ2) is 7.74. The molecular formula is C25H29NO3. The fourth-order valence-corrected chi connectivity index (χ4v) is 4.98. The van der Waals surface area contributed by atoms with Crippen LogP contribution in [0.4, 0.5) is 0 Å². The summed E-state index contributed by atoms with van der Waals surface area (Å²) in [5, 5.41) is 4.48. The van der Waals surface area contributed by atoms with Crippen molar-refractivity contribution in [1.29, 1.82) is 0 Å². The minimum atomic E-state index is -0.0692. The van der Waals surface area contributed by atoms with Gasteiger partial charge in [0.2, 0.25) is 0 Å². The van der Waals surface area contributed by atoms with E-state index in [1.165, 1.54) is 30.4 Å². The van der Waals surface area contributed by atoms with Gasteiger partial charge in [0, 0.05) is 24.8 Å². The van der Waals surface area contributed by atoms with Crippen LogP contribution in [0.5, 0.6) is 11.5 Å². The monoisotopic (exact) mass is 391 g/mol. The Kier molecular flexibility index (Phi) is 4.94. The lowest BCUT2D eigenvalue weighted by Crippen LogP contribution is -2.31. The Morgan fingerprint density at radius 3 is 2.48 bits per heavy atom. The van der Waals surface area contributed by atoms with Gasteiger partial charge in [-0.1, -0.05) is 35.8 Å². The molecule has 5 rings (SSSR count). The molecule has 0 bridgehead atoms. The summed E-state index contributed by atoms with van der Waals surface area (Å²) >= 11 is 0. The van der Waals surface area contributed by atoms with Gasteiger partial charge in [0.1, 0.15) is 11.7 Å². The highest BCUT2D eigenvalue weighted by molar-refractivity contribution is 6.02. The van der Waals surface area contributed by atoms with Gasteiger partial charge in [0.05, 0.1) is 12.3 Å². The van der Waals surface area contributed by atoms with Crippen molar-refractivity contribution in [2.45, 2.75) is 70.0 Å². The molecule has 0 N–H and O–H groups in total. The van der Waals surface area contributed by atoms with Crippen LogP contribution in [-0.4, -0.2) is 24.0 Å². The number of ether oxygens (including phenoxy) is 2. The van der Waals surface area contributed by atoms with E-state index in [0.717, 1.165) is 54.9 Å². The Morgan fingerprint density at radius 2 is 1.76 bits per heavy atom. The van der Waals surface area contributed by atoms with E-state index in [9.17, 15) is 0 Å². The fourth-order valence-electron chi connectivity index (χ4n) is 4.98. The zero-order chi connectivity index (χ0) is 19.7. The SMILES string of the molecule is CCOc1ccc(C2=NOC3(CCCCC3)C2)cc1OC1Cc2ccccc2C1. The van der Waals surface area contributed by atoms with Gasteiger partial charge < -0.3 is 14.3 Å². The highest BCUT2D eigenvalue weighted by Crippen LogP contribution is 2.40. The highest BCUT2D eigenvalue weighted by atomic mass is 16.7. The first kappa shape index (κ1) is 18.5. The van der Waals surface area contributed by atoms with Crippen LogP contribution in [0.25, 0.3) is 0 Å². The highest BCUT2D eigenvalue weighted by Gasteiger charge is 2.40. The average Bonchev–Trinajstić information content (AvgIpc) is 3.34. The maximum Gasteiger partial charge on any atom is 0.162 e. The van der Waals surface area contributed by atoms with E-state index in [0.29, 0.717) is 6.61 Å². The number of hydrogen-bond donors (Lipinski definition) is 0. The van der Waals surface area contributed by atoms with Crippen molar-refractivity contribution >= 4 is 5.71 Å². The molecule has 2 aromatic carbocycles. The molecule has 4 nitrogen and oxygen atoms in total. The van der Waals surface area contributed by atoms with Crippen molar-refractivity contribution in [3.05, 3.63) is 59.2 Å². The van der Waals surface area contributed by atoms with Gasteiger partial charge in [-0.05, 0) is 61.9 Å². The molecule has 4 heteroatoms. The van der Waals surface area contributed by atoms with Crippen LogP contribution >= 0.6 is 0 Å². The fraction of sp³-hybridized carbons (Fsp3) is 0.480. The molecule has 2 aromatic rings. The molecule has 152 valence electrons. The first-order valence-electron chi connectivity index (χ1n) is 11.0. The summed E-state index contributed by atoms with van der Waals surface area (Å²) < 4.78 is 12.3. The lowest BCUT2D eigenvalue weighted by molar-refractivity contribution is -0.0449. The second-order valence-electron chi connectivity index (χ2n) is 8.56. The summed E-state index contributed by atoms with van der Waals surface area (Å²) in [7, 11) is 0. The molecule has 3 aliphatic rings. The van der Waals surface area contributed by atoms with Crippen molar-refractivity contribution in [2.75, 3.05) is 6.61 Å². The Morgan fingerprint density at radius 1 is 1.00 bits per heavy atom. The number of benzene rings is 2. The Hall–Kier alpha value is -2.49. The van der Waals surface area contributed by atoms with Crippen molar-refractivity contribution in [1.82, 2.24) is 0 Å². The summed E-state index contributed by atoms with van der Waals surface area (Å²) in [6.07, 6.45) is 8.94. The number of oxime groups is 1. The van der Waals surface area contributed by atoms with Crippen LogP contribution in [0.1, 0.15) is 62.1 Å². The smallest absolute Gasteiger partial charge is 0.162 e. The van der Waals surface area contributed by atoms with E-state index in [1.54, 1.807) is 0 Å². The Balaban J connectivity index is 1.35. The first-order chi connectivity index (χ1) is 14.2. The lowest BCUT2D eigenvalue weighted by atomic mass is 9.81. The summed E-state index contributed by atoms with van der Waals surface area (Å²) in [5.41, 5.74) is 4.83. The minimum absolute atomic E-state index is 0.0692. The number of rotatable bonds is 5. The Bertz CT molecular complexity index is 889. The molecule has 1 heterocycles. The quantitative estimate of drug-likeness (QED) is 0.680. The van der Waals surface area contributed by atoms with Gasteiger partial charge in [0.25, 0.3) is 0 Å². The maximum atomic E-state index is 6.46. The largest absolute Gasteiger partial charge is 0.490 e. The van der Waals surface area contributed by atoms with Crippen LogP contribution < -0.4 is 9.47 Å². The average molecular weight is 392 g/mol. The van der Waals surface area contributed by atoms with Crippen molar-refractivity contribution in [2.24, 2.45) is 5.16 Å². The van der Waals surface area contributed by atoms with Crippen LogP contribution in [0.15, 0.2) is 47.6 Å². The van der Waals surface area contributed by atoms with E-state index in [2.05, 4.69) is 41.6 Å². The molecule has 1 fully saturated rings. The number of nitrogens with zero attached hydrogens (tertiary/aromatic N) is 1. The number of fused-ring (bicyclic) bond motifs is 1. The molecule has 1 saturated carbocycles. The van der Waals surface area contributed by atoms with E-state index < -0.39 is 0 Å². The normalized spacial score (nSPS) is 20.2. The summed E-state index contributed by atoms with van der Waals surface area (Å²) in [5.74, 6) is 1.62. The van der Waals surface area contributed by atoms with E-state index >= 15 is 0 Å². The molecule has 0 unspecified atom stereocenters. The van der Waals surface area contributed by atoms with E-state index in [-0.39, 0.29) is 11.7 Å². The summed E-state index contributed by atoms with van der Waals surface area (Å²) in [6.45, 7) is 2.62. The van der Waals surface area contributed by atoms with Gasteiger partial charge in [-0.15, -0.1) is 0 Å². The molecule has 0 saturated heterocycles. The predicted octanol–water partition coefficient (Wildman–Crippen LogP) is 5.46. The topological polar surface area (TPSA) is 40.0 Å². The third-order valence-electron chi connectivity index (χ3n) is 6.49. The van der Waals surface area contributed by atoms with Crippen LogP contribution in [0.2, 0.25) is 0 Å². The third-order valence-corrected chi connectivity index (χ3v) is 6.49. The van der Waals surface area contributed by atoms with Gasteiger partial charge >= 0.3 is 0 Å². The standard InChI is InChI=1S/C25H29NO3/c1-2-27-23-11-10-20(22-17-25(29-26-22)12-6-3-7-13-25)16-24(23)28-21-14-18-8-4-5-9-19(18)15-21/h4-5,8-11,16,21H,2-3,6-7,12-15,17H2,1H3. The van der Waals surface area contributed by atoms with Gasteiger partial charge in [0.15, 0.2) is 11.5 Å². The first-order valence-corrected chi connectivity index (χ1v) is 11.0. The van der Waals surface area contributed by atoms with Crippen LogP contribution in [0.3, 0.4) is 0 Å². The third kappa shape index (κ3) is 3.73. The molecular weight excluding hydrogens is 362 g/mol. The number of hydrogen-bond acceptors (Lipinski definition) is 4. The van der Waals surface area contributed by atoms with Crippen molar-refractivity contribution < 1.29 is 14.3 Å². The molecule has 0 aromatic heterocycles. The molecule has 0 radical (unpaired) electrons. The Labute approximate surface area is 172 Å². The minimum Gasteiger partial charge on any atom is -0.490 e. The summed E-state index contributed by atoms with van der Waals surface area (Å²) in [4.78, 5) is 5.96. The predicted molar refractivity (Wildman–Crippen MR) is 114 cm³/mol. The van der Waals surface area contributed by atoms with Gasteiger partial charge in [-0.3, -0.25) is 0 Å². The summed E-state index contributed by atoms with van der Waals surface area (Å²) in [6, 6.07) is 14.8. The van der Waals surface area contributed by atoms with E-state index in [4.69, 9.17) is 14.3 Å². The molecule has 0 atom stereocenters. The molecule has 29 heavy (non-hydrogen) atoms. The van der Waals surface area contributed by atoms with Crippen LogP contribution in [0, 0.1) is 0 Å². The van der Waals surface area contributed by atoms with Gasteiger partial charge in [-0.2, -0.15) is 0 Å². The zero-order valence-electron chi connectivity index (χ0n) is 17.2.